The first kappa shape index (κ1) is 20.4. The lowest BCUT2D eigenvalue weighted by molar-refractivity contribution is -0.898. The molecule has 156 valence electrons. The molecular formula is C21H30N5O2S+. The van der Waals surface area contributed by atoms with Crippen LogP contribution in [0.2, 0.25) is 0 Å². The number of likely N-dealkylation sites (tertiary alicyclic amines) is 1. The number of nitrogens with zero attached hydrogens (tertiary/aromatic N) is 4. The van der Waals surface area contributed by atoms with E-state index < -0.39 is 0 Å². The summed E-state index contributed by atoms with van der Waals surface area (Å²) >= 11 is 1.73. The molecule has 2 aliphatic heterocycles. The highest BCUT2D eigenvalue weighted by molar-refractivity contribution is 7.98. The number of aromatic nitrogens is 3. The highest BCUT2D eigenvalue weighted by atomic mass is 32.2. The number of amides is 1. The molecule has 0 bridgehead atoms. The van der Waals surface area contributed by atoms with Gasteiger partial charge >= 0.3 is 0 Å². The van der Waals surface area contributed by atoms with E-state index in [1.54, 1.807) is 11.8 Å². The molecule has 2 saturated heterocycles. The van der Waals surface area contributed by atoms with Crippen LogP contribution in [0.3, 0.4) is 0 Å². The Balaban J connectivity index is 1.34. The Morgan fingerprint density at radius 1 is 1.24 bits per heavy atom. The number of morpholine rings is 1. The number of hydrogen-bond donors (Lipinski definition) is 1. The van der Waals surface area contributed by atoms with Crippen molar-refractivity contribution in [1.29, 1.82) is 0 Å². The molecular weight excluding hydrogens is 386 g/mol. The highest BCUT2D eigenvalue weighted by Crippen LogP contribution is 2.25. The molecule has 2 fully saturated rings. The summed E-state index contributed by atoms with van der Waals surface area (Å²) in [5, 5.41) is 9.92. The van der Waals surface area contributed by atoms with E-state index >= 15 is 0 Å². The van der Waals surface area contributed by atoms with Crippen molar-refractivity contribution in [2.24, 2.45) is 7.05 Å². The topological polar surface area (TPSA) is 64.7 Å². The molecule has 0 aliphatic carbocycles. The fourth-order valence-corrected chi connectivity index (χ4v) is 5.07. The van der Waals surface area contributed by atoms with Gasteiger partial charge in [-0.2, -0.15) is 0 Å². The van der Waals surface area contributed by atoms with Crippen molar-refractivity contribution >= 4 is 17.7 Å². The van der Waals surface area contributed by atoms with Crippen molar-refractivity contribution in [3.63, 3.8) is 0 Å². The van der Waals surface area contributed by atoms with Crippen molar-refractivity contribution in [1.82, 2.24) is 19.7 Å². The number of hydrogen-bond acceptors (Lipinski definition) is 5. The van der Waals surface area contributed by atoms with E-state index in [9.17, 15) is 4.79 Å². The second kappa shape index (κ2) is 9.73. The van der Waals surface area contributed by atoms with E-state index in [-0.39, 0.29) is 5.91 Å². The van der Waals surface area contributed by atoms with Crippen LogP contribution in [0.1, 0.15) is 30.1 Å². The van der Waals surface area contributed by atoms with Gasteiger partial charge in [-0.1, -0.05) is 42.1 Å². The molecule has 1 aromatic carbocycles. The first-order chi connectivity index (χ1) is 14.2. The monoisotopic (exact) mass is 416 g/mol. The quantitative estimate of drug-likeness (QED) is 0.704. The molecule has 0 saturated carbocycles. The summed E-state index contributed by atoms with van der Waals surface area (Å²) in [4.78, 5) is 15.9. The zero-order valence-electron chi connectivity index (χ0n) is 17.0. The summed E-state index contributed by atoms with van der Waals surface area (Å²) in [6.45, 7) is 5.34. The number of carbonyl (C=O) groups excluding carboxylic acids is 1. The lowest BCUT2D eigenvalue weighted by Gasteiger charge is -2.32. The summed E-state index contributed by atoms with van der Waals surface area (Å²) in [5.41, 5.74) is 1.29. The van der Waals surface area contributed by atoms with Gasteiger partial charge in [-0.25, -0.2) is 0 Å². The van der Waals surface area contributed by atoms with E-state index in [2.05, 4.69) is 46.1 Å². The SMILES string of the molecule is Cn1c(SCc2ccccc2)nnc1[C@H]1CCC[NH+](CC(=O)N2CCOCC2)C1. The average molecular weight is 417 g/mol. The molecule has 29 heavy (non-hydrogen) atoms. The Morgan fingerprint density at radius 3 is 2.83 bits per heavy atom. The van der Waals surface area contributed by atoms with Gasteiger partial charge in [0.25, 0.3) is 5.91 Å². The van der Waals surface area contributed by atoms with Crippen molar-refractivity contribution in [2.75, 3.05) is 45.9 Å². The van der Waals surface area contributed by atoms with Gasteiger partial charge in [0, 0.05) is 25.9 Å². The molecule has 3 heterocycles. The third-order valence-corrected chi connectivity index (χ3v) is 6.92. The zero-order valence-corrected chi connectivity index (χ0v) is 17.9. The van der Waals surface area contributed by atoms with E-state index in [0.717, 1.165) is 55.8 Å². The molecule has 1 amide bonds. The zero-order chi connectivity index (χ0) is 20.1. The number of nitrogens with one attached hydrogen (secondary N) is 1. The number of piperidine rings is 1. The van der Waals surface area contributed by atoms with Gasteiger partial charge in [0.15, 0.2) is 11.7 Å². The standard InChI is InChI=1S/C21H29N5O2S/c1-24-20(22-23-21(24)29-16-17-6-3-2-4-7-17)18-8-5-9-25(14-18)15-19(27)26-10-12-28-13-11-26/h2-4,6-7,18H,5,8-16H2,1H3/p+1/t18-/m0/s1. The first-order valence-corrected chi connectivity index (χ1v) is 11.4. The van der Waals surface area contributed by atoms with Crippen molar-refractivity contribution in [3.05, 3.63) is 41.7 Å². The Hall–Kier alpha value is -1.90. The van der Waals surface area contributed by atoms with Gasteiger partial charge < -0.3 is 19.1 Å². The molecule has 7 nitrogen and oxygen atoms in total. The third kappa shape index (κ3) is 5.18. The van der Waals surface area contributed by atoms with Crippen molar-refractivity contribution in [2.45, 2.75) is 29.7 Å². The molecule has 0 radical (unpaired) electrons. The number of benzene rings is 1. The maximum atomic E-state index is 12.6. The van der Waals surface area contributed by atoms with Crippen LogP contribution in [0.25, 0.3) is 0 Å². The van der Waals surface area contributed by atoms with Gasteiger partial charge in [-0.05, 0) is 18.4 Å². The molecule has 2 aliphatic rings. The molecule has 1 aromatic heterocycles. The van der Waals surface area contributed by atoms with Crippen molar-refractivity contribution in [3.8, 4) is 0 Å². The fourth-order valence-electron chi connectivity index (χ4n) is 4.20. The van der Waals surface area contributed by atoms with Crippen LogP contribution < -0.4 is 4.90 Å². The third-order valence-electron chi connectivity index (χ3n) is 5.83. The maximum absolute atomic E-state index is 12.6. The van der Waals surface area contributed by atoms with Crippen LogP contribution in [-0.4, -0.2) is 71.5 Å². The summed E-state index contributed by atoms with van der Waals surface area (Å²) in [5.74, 6) is 2.56. The molecule has 8 heteroatoms. The predicted molar refractivity (Wildman–Crippen MR) is 112 cm³/mol. The van der Waals surface area contributed by atoms with Gasteiger partial charge in [-0.3, -0.25) is 4.79 Å². The minimum atomic E-state index is 0.251. The molecule has 2 aromatic rings. The number of rotatable bonds is 6. The van der Waals surface area contributed by atoms with E-state index in [1.807, 2.05) is 11.0 Å². The summed E-state index contributed by atoms with van der Waals surface area (Å²) < 4.78 is 7.50. The second-order valence-electron chi connectivity index (χ2n) is 7.89. The predicted octanol–water partition coefficient (Wildman–Crippen LogP) is 0.729. The lowest BCUT2D eigenvalue weighted by atomic mass is 9.97. The van der Waals surface area contributed by atoms with Crippen molar-refractivity contribution < 1.29 is 14.4 Å². The van der Waals surface area contributed by atoms with Gasteiger partial charge in [0.1, 0.15) is 5.82 Å². The van der Waals surface area contributed by atoms with Crippen LogP contribution >= 0.6 is 11.8 Å². The Kier molecular flexibility index (Phi) is 6.84. The molecule has 4 rings (SSSR count). The molecule has 1 N–H and O–H groups in total. The maximum Gasteiger partial charge on any atom is 0.277 e. The lowest BCUT2D eigenvalue weighted by Crippen LogP contribution is -3.14. The average Bonchev–Trinajstić information content (AvgIpc) is 3.14. The number of quaternary nitrogens is 1. The second-order valence-corrected chi connectivity index (χ2v) is 8.83. The van der Waals surface area contributed by atoms with Crippen LogP contribution in [0.5, 0.6) is 0 Å². The van der Waals surface area contributed by atoms with Crippen LogP contribution in [0.4, 0.5) is 0 Å². The Labute approximate surface area is 176 Å². The smallest absolute Gasteiger partial charge is 0.277 e. The summed E-state index contributed by atoms with van der Waals surface area (Å²) in [7, 11) is 2.07. The Morgan fingerprint density at radius 2 is 2.03 bits per heavy atom. The summed E-state index contributed by atoms with van der Waals surface area (Å²) in [6, 6.07) is 10.4. The van der Waals surface area contributed by atoms with E-state index in [4.69, 9.17) is 4.74 Å². The van der Waals surface area contributed by atoms with Gasteiger partial charge in [0.2, 0.25) is 0 Å². The minimum Gasteiger partial charge on any atom is -0.378 e. The number of ether oxygens (including phenoxy) is 1. The van der Waals surface area contributed by atoms with E-state index in [1.165, 1.54) is 10.5 Å². The summed E-state index contributed by atoms with van der Waals surface area (Å²) in [6.07, 6.45) is 2.24. The van der Waals surface area contributed by atoms with Gasteiger partial charge in [-0.15, -0.1) is 10.2 Å². The number of carbonyl (C=O) groups is 1. The molecule has 0 spiro atoms. The molecule has 1 unspecified atom stereocenters. The van der Waals surface area contributed by atoms with Crippen LogP contribution in [0, 0.1) is 0 Å². The van der Waals surface area contributed by atoms with Crippen LogP contribution in [-0.2, 0) is 22.3 Å². The normalized spacial score (nSPS) is 22.6. The first-order valence-electron chi connectivity index (χ1n) is 10.5. The Bertz CT molecular complexity index is 807. The fraction of sp³-hybridized carbons (Fsp3) is 0.571. The highest BCUT2D eigenvalue weighted by Gasteiger charge is 2.31. The van der Waals surface area contributed by atoms with E-state index in [0.29, 0.717) is 25.7 Å². The minimum absolute atomic E-state index is 0.251. The number of thioether (sulfide) groups is 1. The van der Waals surface area contributed by atoms with Gasteiger partial charge in [0.05, 0.1) is 32.2 Å². The van der Waals surface area contributed by atoms with Crippen LogP contribution in [0.15, 0.2) is 35.5 Å². The molecule has 2 atom stereocenters. The largest absolute Gasteiger partial charge is 0.378 e.